The molecule has 0 unspecified atom stereocenters. The minimum atomic E-state index is 0.116. The van der Waals surface area contributed by atoms with E-state index in [-0.39, 0.29) is 6.61 Å². The monoisotopic (exact) mass is 206 g/mol. The van der Waals surface area contributed by atoms with Crippen LogP contribution in [0.3, 0.4) is 0 Å². The van der Waals surface area contributed by atoms with Gasteiger partial charge in [-0.2, -0.15) is 0 Å². The molecule has 3 nitrogen and oxygen atoms in total. The van der Waals surface area contributed by atoms with Crippen LogP contribution in [0.4, 0.5) is 0 Å². The van der Waals surface area contributed by atoms with Crippen molar-refractivity contribution in [1.29, 1.82) is 0 Å². The fourth-order valence-corrected chi connectivity index (χ4v) is 1.42. The normalized spacial score (nSPS) is 14.4. The molecule has 0 amide bonds. The Bertz CT molecular complexity index is 382. The van der Waals surface area contributed by atoms with E-state index in [9.17, 15) is 0 Å². The van der Waals surface area contributed by atoms with E-state index in [1.807, 2.05) is 31.2 Å². The van der Waals surface area contributed by atoms with Gasteiger partial charge >= 0.3 is 0 Å². The first-order chi connectivity index (χ1) is 7.29. The summed E-state index contributed by atoms with van der Waals surface area (Å²) in [6.07, 6.45) is 2.82. The van der Waals surface area contributed by atoms with Gasteiger partial charge < -0.3 is 14.6 Å². The van der Waals surface area contributed by atoms with Crippen LogP contribution in [0.2, 0.25) is 0 Å². The fourth-order valence-electron chi connectivity index (χ4n) is 1.42. The Kier molecular flexibility index (Phi) is 2.92. The van der Waals surface area contributed by atoms with Crippen LogP contribution in [0.5, 0.6) is 11.5 Å². The zero-order valence-electron chi connectivity index (χ0n) is 8.69. The largest absolute Gasteiger partial charge is 0.454 e. The smallest absolute Gasteiger partial charge is 0.231 e. The molecule has 0 radical (unpaired) electrons. The highest BCUT2D eigenvalue weighted by Gasteiger charge is 2.12. The quantitative estimate of drug-likeness (QED) is 0.767. The summed E-state index contributed by atoms with van der Waals surface area (Å²) in [7, 11) is 0. The molecule has 1 aromatic carbocycles. The van der Waals surface area contributed by atoms with Crippen LogP contribution in [-0.2, 0) is 6.42 Å². The second-order valence-corrected chi connectivity index (χ2v) is 3.60. The lowest BCUT2D eigenvalue weighted by molar-refractivity contribution is 0.174. The molecular formula is C12H14O3. The maximum atomic E-state index is 8.85. The number of aliphatic hydroxyl groups excluding tert-OH is 1. The van der Waals surface area contributed by atoms with Crippen LogP contribution >= 0.6 is 0 Å². The van der Waals surface area contributed by atoms with E-state index >= 15 is 0 Å². The molecule has 0 saturated heterocycles. The highest BCUT2D eigenvalue weighted by atomic mass is 16.7. The molecule has 3 heteroatoms. The number of rotatable bonds is 3. The van der Waals surface area contributed by atoms with Gasteiger partial charge in [0.15, 0.2) is 11.5 Å². The standard InChI is InChI=1S/C12H14O3/c1-9(7-13)2-3-10-4-5-11-12(6-10)15-8-14-11/h2,4-6,13H,3,7-8H2,1H3/b9-2+. The third kappa shape index (κ3) is 2.30. The Morgan fingerprint density at radius 3 is 3.00 bits per heavy atom. The molecule has 0 aromatic heterocycles. The minimum absolute atomic E-state index is 0.116. The Morgan fingerprint density at radius 1 is 1.40 bits per heavy atom. The summed E-state index contributed by atoms with van der Waals surface area (Å²) in [5.74, 6) is 1.61. The number of aliphatic hydroxyl groups is 1. The first-order valence-electron chi connectivity index (χ1n) is 4.94. The highest BCUT2D eigenvalue weighted by Crippen LogP contribution is 2.32. The second kappa shape index (κ2) is 4.36. The van der Waals surface area contributed by atoms with E-state index in [2.05, 4.69) is 0 Å². The molecular weight excluding hydrogens is 192 g/mol. The molecule has 0 aliphatic carbocycles. The first-order valence-corrected chi connectivity index (χ1v) is 4.94. The van der Waals surface area contributed by atoms with E-state index < -0.39 is 0 Å². The molecule has 0 bridgehead atoms. The molecule has 1 aliphatic rings. The fraction of sp³-hybridized carbons (Fsp3) is 0.333. The molecule has 1 aliphatic heterocycles. The van der Waals surface area contributed by atoms with E-state index in [1.54, 1.807) is 0 Å². The van der Waals surface area contributed by atoms with Crippen molar-refractivity contribution in [3.05, 3.63) is 35.4 Å². The molecule has 1 N–H and O–H groups in total. The van der Waals surface area contributed by atoms with Gasteiger partial charge in [-0.05, 0) is 31.0 Å². The van der Waals surface area contributed by atoms with Crippen molar-refractivity contribution in [3.63, 3.8) is 0 Å². The number of allylic oxidation sites excluding steroid dienone is 1. The molecule has 1 heterocycles. The Morgan fingerprint density at radius 2 is 2.20 bits per heavy atom. The summed E-state index contributed by atoms with van der Waals surface area (Å²) in [6, 6.07) is 5.90. The Hall–Kier alpha value is -1.48. The Labute approximate surface area is 88.9 Å². The third-order valence-electron chi connectivity index (χ3n) is 2.37. The van der Waals surface area contributed by atoms with Gasteiger partial charge in [0.05, 0.1) is 6.61 Å². The molecule has 0 spiro atoms. The summed E-state index contributed by atoms with van der Waals surface area (Å²) in [6.45, 7) is 2.34. The van der Waals surface area contributed by atoms with Gasteiger partial charge in [0, 0.05) is 0 Å². The van der Waals surface area contributed by atoms with Crippen LogP contribution < -0.4 is 9.47 Å². The van der Waals surface area contributed by atoms with Crippen molar-refractivity contribution in [1.82, 2.24) is 0 Å². The summed E-state index contributed by atoms with van der Waals surface area (Å²) in [5.41, 5.74) is 2.14. The zero-order chi connectivity index (χ0) is 10.7. The van der Waals surface area contributed by atoms with Gasteiger partial charge in [-0.25, -0.2) is 0 Å². The summed E-state index contributed by atoms with van der Waals surface area (Å²) in [5, 5.41) is 8.85. The number of benzene rings is 1. The van der Waals surface area contributed by atoms with Crippen molar-refractivity contribution in [2.45, 2.75) is 13.3 Å². The van der Waals surface area contributed by atoms with Crippen LogP contribution in [0, 0.1) is 0 Å². The lowest BCUT2D eigenvalue weighted by Gasteiger charge is -2.00. The van der Waals surface area contributed by atoms with Gasteiger partial charge in [-0.15, -0.1) is 0 Å². The molecule has 2 rings (SSSR count). The molecule has 0 atom stereocenters. The number of fused-ring (bicyclic) bond motifs is 1. The predicted octanol–water partition coefficient (Wildman–Crippen LogP) is 1.90. The van der Waals surface area contributed by atoms with Gasteiger partial charge in [0.2, 0.25) is 6.79 Å². The molecule has 0 saturated carbocycles. The SMILES string of the molecule is C/C(=C\Cc1ccc2c(c1)OCO2)CO. The first kappa shape index (κ1) is 10.1. The number of ether oxygens (including phenoxy) is 2. The Balaban J connectivity index is 2.10. The third-order valence-corrected chi connectivity index (χ3v) is 2.37. The maximum absolute atomic E-state index is 8.85. The molecule has 1 aromatic rings. The van der Waals surface area contributed by atoms with Crippen LogP contribution in [0.1, 0.15) is 12.5 Å². The topological polar surface area (TPSA) is 38.7 Å². The van der Waals surface area contributed by atoms with Crippen molar-refractivity contribution in [3.8, 4) is 11.5 Å². The minimum Gasteiger partial charge on any atom is -0.454 e. The molecule has 15 heavy (non-hydrogen) atoms. The summed E-state index contributed by atoms with van der Waals surface area (Å²) < 4.78 is 10.5. The van der Waals surface area contributed by atoms with E-state index in [1.165, 1.54) is 0 Å². The van der Waals surface area contributed by atoms with Gasteiger partial charge in [-0.3, -0.25) is 0 Å². The zero-order valence-corrected chi connectivity index (χ0v) is 8.69. The van der Waals surface area contributed by atoms with Crippen LogP contribution in [0.15, 0.2) is 29.8 Å². The van der Waals surface area contributed by atoms with Crippen molar-refractivity contribution in [2.24, 2.45) is 0 Å². The average molecular weight is 206 g/mol. The predicted molar refractivity (Wildman–Crippen MR) is 57.1 cm³/mol. The van der Waals surface area contributed by atoms with Crippen LogP contribution in [0.25, 0.3) is 0 Å². The second-order valence-electron chi connectivity index (χ2n) is 3.60. The van der Waals surface area contributed by atoms with Gasteiger partial charge in [-0.1, -0.05) is 17.7 Å². The van der Waals surface area contributed by atoms with E-state index in [0.29, 0.717) is 6.79 Å². The highest BCUT2D eigenvalue weighted by molar-refractivity contribution is 5.44. The van der Waals surface area contributed by atoms with Crippen molar-refractivity contribution in [2.75, 3.05) is 13.4 Å². The summed E-state index contributed by atoms with van der Waals surface area (Å²) >= 11 is 0. The number of hydrogen-bond donors (Lipinski definition) is 1. The molecule has 80 valence electrons. The number of hydrogen-bond acceptors (Lipinski definition) is 3. The lowest BCUT2D eigenvalue weighted by Crippen LogP contribution is -1.92. The van der Waals surface area contributed by atoms with Crippen LogP contribution in [-0.4, -0.2) is 18.5 Å². The van der Waals surface area contributed by atoms with Gasteiger partial charge in [0.1, 0.15) is 0 Å². The summed E-state index contributed by atoms with van der Waals surface area (Å²) in [4.78, 5) is 0. The van der Waals surface area contributed by atoms with Crippen molar-refractivity contribution < 1.29 is 14.6 Å². The maximum Gasteiger partial charge on any atom is 0.231 e. The average Bonchev–Trinajstić information content (AvgIpc) is 2.72. The van der Waals surface area contributed by atoms with Crippen molar-refractivity contribution >= 4 is 0 Å². The van der Waals surface area contributed by atoms with E-state index in [4.69, 9.17) is 14.6 Å². The lowest BCUT2D eigenvalue weighted by atomic mass is 10.1. The molecule has 0 fully saturated rings. The van der Waals surface area contributed by atoms with E-state index in [0.717, 1.165) is 29.1 Å². The van der Waals surface area contributed by atoms with Gasteiger partial charge in [0.25, 0.3) is 0 Å².